The zero-order chi connectivity index (χ0) is 21.3. The van der Waals surface area contributed by atoms with Gasteiger partial charge in [-0.25, -0.2) is 4.98 Å². The molecule has 4 aromatic rings. The molecule has 3 heterocycles. The Hall–Kier alpha value is -3.68. The number of nitrogens with one attached hydrogen (secondary N) is 1. The van der Waals surface area contributed by atoms with E-state index in [9.17, 15) is 4.79 Å². The van der Waals surface area contributed by atoms with Crippen molar-refractivity contribution >= 4 is 16.9 Å². The Morgan fingerprint density at radius 2 is 2.00 bits per heavy atom. The Balaban J connectivity index is 1.70. The minimum absolute atomic E-state index is 0.191. The molecule has 1 amide bonds. The zero-order valence-corrected chi connectivity index (χ0v) is 17.5. The van der Waals surface area contributed by atoms with Crippen LogP contribution in [0.5, 0.6) is 5.75 Å². The molecule has 0 radical (unpaired) electrons. The molecule has 0 aliphatic rings. The predicted molar refractivity (Wildman–Crippen MR) is 114 cm³/mol. The maximum Gasteiger partial charge on any atom is 0.252 e. The summed E-state index contributed by atoms with van der Waals surface area (Å²) < 4.78 is 8.74. The first-order chi connectivity index (χ1) is 14.5. The van der Waals surface area contributed by atoms with E-state index in [0.29, 0.717) is 22.3 Å². The van der Waals surface area contributed by atoms with Crippen molar-refractivity contribution in [2.75, 3.05) is 7.11 Å². The molecule has 3 aromatic heterocycles. The number of hydrogen-bond acceptors (Lipinski definition) is 5. The van der Waals surface area contributed by atoms with E-state index in [-0.39, 0.29) is 11.9 Å². The van der Waals surface area contributed by atoms with Gasteiger partial charge in [0.25, 0.3) is 5.91 Å². The second-order valence-corrected chi connectivity index (χ2v) is 7.08. The number of ether oxygens (including phenoxy) is 1. The molecule has 30 heavy (non-hydrogen) atoms. The van der Waals surface area contributed by atoms with Crippen LogP contribution in [0.15, 0.2) is 48.8 Å². The van der Waals surface area contributed by atoms with Gasteiger partial charge in [0, 0.05) is 25.4 Å². The summed E-state index contributed by atoms with van der Waals surface area (Å²) in [5.41, 5.74) is 3.58. The molecule has 1 N–H and O–H groups in total. The van der Waals surface area contributed by atoms with Crippen LogP contribution >= 0.6 is 0 Å². The van der Waals surface area contributed by atoms with Crippen LogP contribution in [0.2, 0.25) is 0 Å². The summed E-state index contributed by atoms with van der Waals surface area (Å²) in [5, 5.41) is 12.5. The quantitative estimate of drug-likeness (QED) is 0.533. The summed E-state index contributed by atoms with van der Waals surface area (Å²) in [7, 11) is 3.44. The van der Waals surface area contributed by atoms with Crippen molar-refractivity contribution in [1.29, 1.82) is 0 Å². The van der Waals surface area contributed by atoms with Crippen LogP contribution < -0.4 is 10.1 Å². The van der Waals surface area contributed by atoms with Gasteiger partial charge in [-0.1, -0.05) is 0 Å². The smallest absolute Gasteiger partial charge is 0.252 e. The summed E-state index contributed by atoms with van der Waals surface area (Å²) in [4.78, 5) is 17.9. The van der Waals surface area contributed by atoms with Crippen LogP contribution in [-0.2, 0) is 13.6 Å². The molecule has 4 rings (SSSR count). The molecule has 8 heteroatoms. The van der Waals surface area contributed by atoms with Crippen LogP contribution in [0, 0.1) is 0 Å². The van der Waals surface area contributed by atoms with Crippen molar-refractivity contribution in [3.63, 3.8) is 0 Å². The fourth-order valence-electron chi connectivity index (χ4n) is 3.34. The van der Waals surface area contributed by atoms with Crippen LogP contribution in [0.1, 0.15) is 35.9 Å². The number of aryl methyl sites for hydroxylation is 2. The fraction of sp³-hybridized carbons (Fsp3) is 0.273. The number of rotatable bonds is 6. The van der Waals surface area contributed by atoms with Crippen LogP contribution in [0.3, 0.4) is 0 Å². The number of hydrogen-bond donors (Lipinski definition) is 1. The van der Waals surface area contributed by atoms with Gasteiger partial charge in [0.1, 0.15) is 5.75 Å². The van der Waals surface area contributed by atoms with E-state index in [1.807, 2.05) is 62.1 Å². The number of pyridine rings is 1. The van der Waals surface area contributed by atoms with E-state index < -0.39 is 0 Å². The van der Waals surface area contributed by atoms with E-state index >= 15 is 0 Å². The highest BCUT2D eigenvalue weighted by molar-refractivity contribution is 6.06. The van der Waals surface area contributed by atoms with Crippen molar-refractivity contribution in [1.82, 2.24) is 29.9 Å². The van der Waals surface area contributed by atoms with E-state index in [0.717, 1.165) is 23.6 Å². The highest BCUT2D eigenvalue weighted by Gasteiger charge is 2.19. The molecule has 154 valence electrons. The lowest BCUT2D eigenvalue weighted by Gasteiger charge is -2.13. The monoisotopic (exact) mass is 404 g/mol. The molecule has 1 atom stereocenters. The standard InChI is InChI=1S/C22H24N6O2/c1-5-28-11-10-19(26-28)14(2)24-22(29)17-12-20(15-6-8-16(30-4)9-7-15)25-21-18(17)13-23-27(21)3/h6-14H,5H2,1-4H3,(H,24,29)/t14-/m1/s1. The lowest BCUT2D eigenvalue weighted by atomic mass is 10.1. The van der Waals surface area contributed by atoms with Gasteiger partial charge in [-0.2, -0.15) is 10.2 Å². The molecule has 0 spiro atoms. The van der Waals surface area contributed by atoms with Gasteiger partial charge in [0.15, 0.2) is 5.65 Å². The largest absolute Gasteiger partial charge is 0.497 e. The molecule has 1 aromatic carbocycles. The lowest BCUT2D eigenvalue weighted by molar-refractivity contribution is 0.0940. The Morgan fingerprint density at radius 3 is 2.67 bits per heavy atom. The molecule has 0 fully saturated rings. The van der Waals surface area contributed by atoms with Crippen molar-refractivity contribution in [2.45, 2.75) is 26.4 Å². The molecule has 0 saturated heterocycles. The molecule has 0 aliphatic heterocycles. The third-order valence-corrected chi connectivity index (χ3v) is 5.11. The zero-order valence-electron chi connectivity index (χ0n) is 17.5. The fourth-order valence-corrected chi connectivity index (χ4v) is 3.34. The van der Waals surface area contributed by atoms with Crippen molar-refractivity contribution in [3.05, 3.63) is 60.0 Å². The number of carbonyl (C=O) groups excluding carboxylic acids is 1. The van der Waals surface area contributed by atoms with Gasteiger partial charge < -0.3 is 10.1 Å². The Bertz CT molecular complexity index is 1190. The first-order valence-electron chi connectivity index (χ1n) is 9.81. The highest BCUT2D eigenvalue weighted by Crippen LogP contribution is 2.26. The van der Waals surface area contributed by atoms with Crippen molar-refractivity contribution in [3.8, 4) is 17.0 Å². The van der Waals surface area contributed by atoms with Gasteiger partial charge in [-0.05, 0) is 50.2 Å². The SMILES string of the molecule is CCn1ccc([C@@H](C)NC(=O)c2cc(-c3ccc(OC)cc3)nc3c2cnn3C)n1. The summed E-state index contributed by atoms with van der Waals surface area (Å²) in [6, 6.07) is 11.1. The number of amides is 1. The summed E-state index contributed by atoms with van der Waals surface area (Å²) in [6.07, 6.45) is 3.58. The van der Waals surface area contributed by atoms with Crippen LogP contribution in [-0.4, -0.2) is 37.6 Å². The van der Waals surface area contributed by atoms with Crippen LogP contribution in [0.4, 0.5) is 0 Å². The average molecular weight is 404 g/mol. The van der Waals surface area contributed by atoms with E-state index in [1.165, 1.54) is 0 Å². The minimum atomic E-state index is -0.227. The van der Waals surface area contributed by atoms with Gasteiger partial charge in [-0.3, -0.25) is 14.2 Å². The third kappa shape index (κ3) is 3.63. The number of benzene rings is 1. The molecular weight excluding hydrogens is 380 g/mol. The molecular formula is C22H24N6O2. The topological polar surface area (TPSA) is 86.9 Å². The first-order valence-corrected chi connectivity index (χ1v) is 9.81. The van der Waals surface area contributed by atoms with Gasteiger partial charge in [-0.15, -0.1) is 0 Å². The maximum atomic E-state index is 13.2. The Morgan fingerprint density at radius 1 is 1.23 bits per heavy atom. The third-order valence-electron chi connectivity index (χ3n) is 5.11. The minimum Gasteiger partial charge on any atom is -0.497 e. The Labute approximate surface area is 174 Å². The number of nitrogens with zero attached hydrogens (tertiary/aromatic N) is 5. The second-order valence-electron chi connectivity index (χ2n) is 7.08. The average Bonchev–Trinajstić information content (AvgIpc) is 3.40. The summed E-state index contributed by atoms with van der Waals surface area (Å²) >= 11 is 0. The molecule has 8 nitrogen and oxygen atoms in total. The van der Waals surface area contributed by atoms with E-state index in [1.54, 1.807) is 24.1 Å². The van der Waals surface area contributed by atoms with Crippen molar-refractivity contribution < 1.29 is 9.53 Å². The van der Waals surface area contributed by atoms with Gasteiger partial charge in [0.2, 0.25) is 0 Å². The van der Waals surface area contributed by atoms with Gasteiger partial charge >= 0.3 is 0 Å². The summed E-state index contributed by atoms with van der Waals surface area (Å²) in [6.45, 7) is 4.73. The maximum absolute atomic E-state index is 13.2. The summed E-state index contributed by atoms with van der Waals surface area (Å²) in [5.74, 6) is 0.572. The lowest BCUT2D eigenvalue weighted by Crippen LogP contribution is -2.27. The Kier molecular flexibility index (Phi) is 5.22. The normalized spacial score (nSPS) is 12.1. The first kappa shape index (κ1) is 19.6. The van der Waals surface area contributed by atoms with Gasteiger partial charge in [0.05, 0.1) is 41.7 Å². The number of aromatic nitrogens is 5. The second kappa shape index (κ2) is 7.98. The predicted octanol–water partition coefficient (Wildman–Crippen LogP) is 3.35. The van der Waals surface area contributed by atoms with E-state index in [4.69, 9.17) is 9.72 Å². The van der Waals surface area contributed by atoms with E-state index in [2.05, 4.69) is 15.5 Å². The number of methoxy groups -OCH3 is 1. The molecule has 0 bridgehead atoms. The van der Waals surface area contributed by atoms with Crippen LogP contribution in [0.25, 0.3) is 22.3 Å². The van der Waals surface area contributed by atoms with Crippen molar-refractivity contribution in [2.24, 2.45) is 7.05 Å². The molecule has 0 saturated carbocycles. The molecule has 0 aliphatic carbocycles. The number of fused-ring (bicyclic) bond motifs is 1. The highest BCUT2D eigenvalue weighted by atomic mass is 16.5. The molecule has 0 unspecified atom stereocenters. The number of carbonyl (C=O) groups is 1.